The van der Waals surface area contributed by atoms with Gasteiger partial charge in [-0.05, 0) is 44.2 Å². The Morgan fingerprint density at radius 3 is 2.19 bits per heavy atom. The number of hydrogen-bond donors (Lipinski definition) is 7. The van der Waals surface area contributed by atoms with E-state index in [1.807, 2.05) is 0 Å². The van der Waals surface area contributed by atoms with E-state index in [4.69, 9.17) is 16.2 Å². The van der Waals surface area contributed by atoms with Crippen LogP contribution in [0.1, 0.15) is 51.5 Å². The normalized spacial score (nSPS) is 14.9. The van der Waals surface area contributed by atoms with Crippen molar-refractivity contribution in [2.24, 2.45) is 11.7 Å². The number of carboxylic acids is 1. The zero-order valence-corrected chi connectivity index (χ0v) is 25.8. The second kappa shape index (κ2) is 16.8. The maximum atomic E-state index is 13.5. The van der Waals surface area contributed by atoms with Gasteiger partial charge in [0.2, 0.25) is 21.8 Å². The number of rotatable bonds is 18. The summed E-state index contributed by atoms with van der Waals surface area (Å²) in [5.74, 6) is -3.32. The number of aryl methyl sites for hydroxylation is 1. The molecule has 0 aliphatic rings. The van der Waals surface area contributed by atoms with E-state index in [0.717, 1.165) is 17.2 Å². The number of nitrogens with two attached hydrogens (primary N) is 1. The maximum absolute atomic E-state index is 13.5. The number of carbonyl (C=O) groups excluding carboxylic acids is 2. The van der Waals surface area contributed by atoms with Crippen molar-refractivity contribution in [3.63, 3.8) is 0 Å². The Morgan fingerprint density at radius 1 is 1.05 bits per heavy atom. The lowest BCUT2D eigenvalue weighted by molar-refractivity contribution is -0.137. The first kappa shape index (κ1) is 36.5. The fraction of sp³-hybridized carbons (Fsp3) is 0.538. The van der Waals surface area contributed by atoms with Crippen LogP contribution in [0.4, 0.5) is 0 Å². The Morgan fingerprint density at radius 2 is 1.67 bits per heavy atom. The molecule has 1 rings (SSSR count). The molecule has 0 radical (unpaired) electrons. The van der Waals surface area contributed by atoms with Crippen LogP contribution in [0.3, 0.4) is 0 Å². The average molecular weight is 631 g/mol. The summed E-state index contributed by atoms with van der Waals surface area (Å²) in [6, 6.07) is 2.63. The molecular weight excluding hydrogens is 588 g/mol. The molecule has 42 heavy (non-hydrogen) atoms. The largest absolute Gasteiger partial charge is 0.481 e. The first-order chi connectivity index (χ1) is 19.4. The minimum Gasteiger partial charge on any atom is -0.481 e. The number of sulfonamides is 1. The van der Waals surface area contributed by atoms with Gasteiger partial charge in [0.25, 0.3) is 0 Å². The van der Waals surface area contributed by atoms with Gasteiger partial charge in [-0.15, -0.1) is 0 Å². The van der Waals surface area contributed by atoms with Crippen LogP contribution < -0.4 is 26.4 Å². The summed E-state index contributed by atoms with van der Waals surface area (Å²) in [7, 11) is -7.70. The molecule has 0 aromatic heterocycles. The van der Waals surface area contributed by atoms with Crippen molar-refractivity contribution in [2.45, 2.75) is 75.9 Å². The first-order valence-corrected chi connectivity index (χ1v) is 16.8. The minimum absolute atomic E-state index is 0.00435. The van der Waals surface area contributed by atoms with Crippen molar-refractivity contribution < 1.29 is 36.3 Å². The van der Waals surface area contributed by atoms with E-state index in [1.54, 1.807) is 32.9 Å². The van der Waals surface area contributed by atoms with E-state index in [9.17, 15) is 31.2 Å². The average Bonchev–Trinajstić information content (AvgIpc) is 2.89. The highest BCUT2D eigenvalue weighted by molar-refractivity contribution is 7.93. The lowest BCUT2D eigenvalue weighted by Crippen LogP contribution is -2.56. The number of benzene rings is 1. The van der Waals surface area contributed by atoms with Crippen LogP contribution in [0.2, 0.25) is 0 Å². The van der Waals surface area contributed by atoms with E-state index < -0.39 is 61.7 Å². The van der Waals surface area contributed by atoms with Gasteiger partial charge < -0.3 is 26.8 Å². The lowest BCUT2D eigenvalue weighted by Gasteiger charge is -2.28. The molecule has 2 amide bonds. The lowest BCUT2D eigenvalue weighted by atomic mass is 9.97. The zero-order chi connectivity index (χ0) is 32.1. The van der Waals surface area contributed by atoms with Gasteiger partial charge in [0, 0.05) is 30.7 Å². The van der Waals surface area contributed by atoms with Crippen molar-refractivity contribution in [1.82, 2.24) is 20.7 Å². The van der Waals surface area contributed by atoms with E-state index in [-0.39, 0.29) is 43.1 Å². The number of amides is 2. The number of guanidine groups is 1. The highest BCUT2D eigenvalue weighted by Gasteiger charge is 2.32. The van der Waals surface area contributed by atoms with Crippen LogP contribution in [0, 0.1) is 18.3 Å². The summed E-state index contributed by atoms with van der Waals surface area (Å²) in [4.78, 5) is 37.8. The zero-order valence-electron chi connectivity index (χ0n) is 24.2. The predicted molar refractivity (Wildman–Crippen MR) is 159 cm³/mol. The Balaban J connectivity index is 3.24. The molecule has 0 fully saturated rings. The Bertz CT molecular complexity index is 1330. The number of carboxylic acid groups (broad SMARTS) is 1. The molecule has 1 aromatic carbocycles. The van der Waals surface area contributed by atoms with E-state index >= 15 is 0 Å². The van der Waals surface area contributed by atoms with Crippen molar-refractivity contribution in [3.8, 4) is 0 Å². The molecule has 0 bridgehead atoms. The van der Waals surface area contributed by atoms with Crippen molar-refractivity contribution in [1.29, 1.82) is 5.41 Å². The summed E-state index contributed by atoms with van der Waals surface area (Å²) < 4.78 is 51.8. The minimum atomic E-state index is -4.13. The summed E-state index contributed by atoms with van der Waals surface area (Å²) in [6.07, 6.45) is 2.37. The summed E-state index contributed by atoms with van der Waals surface area (Å²) >= 11 is 0. The SMILES string of the molecule is CCC(C)[C@H](NC(=O)[C@H](CCCNC(=N)N)NS(=O)(=O)c1ccc(C)cc1)C(=O)N[C@H](/C=C/S(C)(=O)=O)CCC(=O)O. The van der Waals surface area contributed by atoms with Crippen LogP contribution >= 0.6 is 0 Å². The van der Waals surface area contributed by atoms with E-state index in [2.05, 4.69) is 20.7 Å². The maximum Gasteiger partial charge on any atom is 0.303 e. The molecule has 0 aliphatic carbocycles. The Hall–Kier alpha value is -3.50. The Kier molecular flexibility index (Phi) is 14.6. The fourth-order valence-electron chi connectivity index (χ4n) is 3.71. The number of hydrogen-bond acceptors (Lipinski definition) is 8. The van der Waals surface area contributed by atoms with Crippen LogP contribution in [0.5, 0.6) is 0 Å². The van der Waals surface area contributed by atoms with Gasteiger partial charge in [-0.25, -0.2) is 16.8 Å². The van der Waals surface area contributed by atoms with Gasteiger partial charge in [-0.3, -0.25) is 19.8 Å². The Labute approximate surface area is 247 Å². The molecule has 4 atom stereocenters. The monoisotopic (exact) mass is 630 g/mol. The van der Waals surface area contributed by atoms with Gasteiger partial charge in [-0.1, -0.05) is 44.0 Å². The van der Waals surface area contributed by atoms with Gasteiger partial charge in [0.05, 0.1) is 4.90 Å². The molecule has 0 aliphatic heterocycles. The quantitative estimate of drug-likeness (QED) is 0.0667. The third kappa shape index (κ3) is 13.9. The predicted octanol–water partition coefficient (Wildman–Crippen LogP) is 0.344. The van der Waals surface area contributed by atoms with Gasteiger partial charge in [-0.2, -0.15) is 4.72 Å². The highest BCUT2D eigenvalue weighted by atomic mass is 32.2. The summed E-state index contributed by atoms with van der Waals surface area (Å²) in [5.41, 5.74) is 6.14. The smallest absolute Gasteiger partial charge is 0.303 e. The van der Waals surface area contributed by atoms with Crippen molar-refractivity contribution >= 4 is 43.6 Å². The van der Waals surface area contributed by atoms with Crippen molar-refractivity contribution in [3.05, 3.63) is 41.3 Å². The van der Waals surface area contributed by atoms with E-state index in [0.29, 0.717) is 6.42 Å². The summed E-state index contributed by atoms with van der Waals surface area (Å²) in [6.45, 7) is 5.48. The van der Waals surface area contributed by atoms with Gasteiger partial charge in [0.15, 0.2) is 15.8 Å². The number of nitrogens with one attached hydrogen (secondary N) is 5. The molecule has 0 heterocycles. The molecule has 1 aromatic rings. The molecular formula is C26H42N6O8S2. The first-order valence-electron chi connectivity index (χ1n) is 13.3. The van der Waals surface area contributed by atoms with Gasteiger partial charge >= 0.3 is 5.97 Å². The second-order valence-corrected chi connectivity index (χ2v) is 13.7. The molecule has 0 saturated carbocycles. The molecule has 16 heteroatoms. The standard InChI is InChI=1S/C26H42N6O8S2/c1-5-18(3)23(25(36)30-19(10-13-22(33)34)14-16-41(4,37)38)31-24(35)21(7-6-15-29-26(27)28)32-42(39,40)20-11-8-17(2)9-12-20/h8-9,11-12,14,16,18-19,21,23,32H,5-7,10,13,15H2,1-4H3,(H,30,36)(H,31,35)(H,33,34)(H4,27,28,29)/b16-14+/t18?,19-,21-,23-/m0/s1. The topological polar surface area (TPSA) is 238 Å². The van der Waals surface area contributed by atoms with Crippen LogP contribution in [-0.2, 0) is 34.2 Å². The number of sulfone groups is 1. The van der Waals surface area contributed by atoms with Crippen molar-refractivity contribution in [2.75, 3.05) is 12.8 Å². The molecule has 8 N–H and O–H groups in total. The third-order valence-electron chi connectivity index (χ3n) is 6.28. The number of carbonyl (C=O) groups is 3. The molecule has 0 spiro atoms. The molecule has 1 unspecified atom stereocenters. The molecule has 236 valence electrons. The summed E-state index contributed by atoms with van der Waals surface area (Å²) in [5, 5.41) is 25.0. The molecule has 14 nitrogen and oxygen atoms in total. The molecule has 0 saturated heterocycles. The van der Waals surface area contributed by atoms with Gasteiger partial charge in [0.1, 0.15) is 12.1 Å². The number of aliphatic carboxylic acids is 1. The van der Waals surface area contributed by atoms with Crippen LogP contribution in [0.15, 0.2) is 40.6 Å². The second-order valence-electron chi connectivity index (χ2n) is 10.0. The van der Waals surface area contributed by atoms with Crippen LogP contribution in [-0.4, -0.2) is 76.6 Å². The third-order valence-corrected chi connectivity index (χ3v) is 8.42. The highest BCUT2D eigenvalue weighted by Crippen LogP contribution is 2.14. The fourth-order valence-corrected chi connectivity index (χ4v) is 5.41. The van der Waals surface area contributed by atoms with E-state index in [1.165, 1.54) is 18.2 Å². The van der Waals surface area contributed by atoms with Crippen LogP contribution in [0.25, 0.3) is 0 Å².